The molecule has 0 saturated heterocycles. The van der Waals surface area contributed by atoms with E-state index in [-0.39, 0.29) is 16.2 Å². The van der Waals surface area contributed by atoms with Gasteiger partial charge in [-0.05, 0) is 58.0 Å². The average Bonchev–Trinajstić information content (AvgIpc) is 2.96. The highest BCUT2D eigenvalue weighted by Gasteiger charge is 2.43. The number of hydrogen-bond donors (Lipinski definition) is 0. The molecule has 1 aromatic heterocycles. The summed E-state index contributed by atoms with van der Waals surface area (Å²) >= 11 is 0. The third-order valence-electron chi connectivity index (χ3n) is 5.74. The molecule has 3 rings (SSSR count). The van der Waals surface area contributed by atoms with Gasteiger partial charge in [0.2, 0.25) is 11.6 Å². The Labute approximate surface area is 172 Å². The van der Waals surface area contributed by atoms with Crippen LogP contribution in [0.15, 0.2) is 12.1 Å². The summed E-state index contributed by atoms with van der Waals surface area (Å²) in [4.78, 5) is 38.4. The number of rotatable bonds is 2. The van der Waals surface area contributed by atoms with E-state index in [9.17, 15) is 14.4 Å². The zero-order valence-electron chi connectivity index (χ0n) is 18.6. The topological polar surface area (TPSA) is 74.6 Å². The Morgan fingerprint density at radius 3 is 2.03 bits per heavy atom. The maximum atomic E-state index is 12.8. The van der Waals surface area contributed by atoms with Gasteiger partial charge in [-0.1, -0.05) is 20.8 Å². The molecule has 7 heteroatoms. The predicted molar refractivity (Wildman–Crippen MR) is 115 cm³/mol. The molecular formula is C22H29NO5Si. The van der Waals surface area contributed by atoms with Crippen LogP contribution in [0, 0.1) is 6.92 Å². The standard InChI is InChI=1S/C22H29NO5Si/c1-12-15-16-13(23(12)20(26)27-21(2,3)4)10-11-14(17(16)19(25)18(15)24)28-29(8,9)22(5,6)7/h10-11H,1-9H3. The molecule has 1 aromatic carbocycles. The number of hydrogen-bond acceptors (Lipinski definition) is 5. The van der Waals surface area contributed by atoms with E-state index in [1.165, 1.54) is 4.57 Å². The van der Waals surface area contributed by atoms with Gasteiger partial charge in [-0.2, -0.15) is 0 Å². The summed E-state index contributed by atoms with van der Waals surface area (Å²) in [5.74, 6) is -0.757. The van der Waals surface area contributed by atoms with Gasteiger partial charge in [0.1, 0.15) is 11.4 Å². The van der Waals surface area contributed by atoms with E-state index in [1.54, 1.807) is 39.8 Å². The van der Waals surface area contributed by atoms with Gasteiger partial charge >= 0.3 is 6.09 Å². The predicted octanol–water partition coefficient (Wildman–Crippen LogP) is 5.50. The molecule has 1 aliphatic rings. The van der Waals surface area contributed by atoms with Gasteiger partial charge in [-0.3, -0.25) is 9.59 Å². The van der Waals surface area contributed by atoms with E-state index < -0.39 is 31.6 Å². The van der Waals surface area contributed by atoms with Gasteiger partial charge in [-0.15, -0.1) is 0 Å². The average molecular weight is 416 g/mol. The Hall–Kier alpha value is -2.41. The largest absolute Gasteiger partial charge is 0.543 e. The van der Waals surface area contributed by atoms with E-state index in [1.807, 2.05) is 0 Å². The molecule has 2 aromatic rings. The molecule has 0 saturated carbocycles. The summed E-state index contributed by atoms with van der Waals surface area (Å²) in [5, 5.41) is 0.418. The van der Waals surface area contributed by atoms with E-state index in [4.69, 9.17) is 9.16 Å². The van der Waals surface area contributed by atoms with Crippen molar-refractivity contribution in [2.75, 3.05) is 0 Å². The van der Waals surface area contributed by atoms with Gasteiger partial charge in [0.15, 0.2) is 0 Å². The molecule has 29 heavy (non-hydrogen) atoms. The zero-order chi connectivity index (χ0) is 22.1. The SMILES string of the molecule is Cc1c2c3c(c(O[Si](C)(C)C(C)(C)C)ccc3n1C(=O)OC(C)(C)C)C(=O)C2=O. The summed E-state index contributed by atoms with van der Waals surface area (Å²) in [6.07, 6.45) is -0.572. The molecule has 0 bridgehead atoms. The van der Waals surface area contributed by atoms with Crippen molar-refractivity contribution in [2.45, 2.75) is 72.2 Å². The minimum Gasteiger partial charge on any atom is -0.543 e. The highest BCUT2D eigenvalue weighted by Crippen LogP contribution is 2.44. The summed E-state index contributed by atoms with van der Waals surface area (Å²) in [6, 6.07) is 3.42. The van der Waals surface area contributed by atoms with Crippen molar-refractivity contribution in [2.24, 2.45) is 0 Å². The van der Waals surface area contributed by atoms with E-state index >= 15 is 0 Å². The Balaban J connectivity index is 2.24. The maximum absolute atomic E-state index is 12.8. The molecule has 0 unspecified atom stereocenters. The quantitative estimate of drug-likeness (QED) is 0.478. The fourth-order valence-corrected chi connectivity index (χ4v) is 4.30. The second kappa shape index (κ2) is 6.29. The second-order valence-corrected chi connectivity index (χ2v) is 14.9. The Morgan fingerprint density at radius 2 is 1.52 bits per heavy atom. The van der Waals surface area contributed by atoms with Crippen molar-refractivity contribution in [3.8, 4) is 5.75 Å². The molecule has 1 heterocycles. The number of benzene rings is 1. The number of ether oxygens (including phenoxy) is 1. The van der Waals surface area contributed by atoms with Crippen molar-refractivity contribution in [1.29, 1.82) is 0 Å². The minimum atomic E-state index is -2.23. The Bertz CT molecular complexity index is 1060. The number of carbonyl (C=O) groups is 3. The highest BCUT2D eigenvalue weighted by molar-refractivity contribution is 6.75. The highest BCUT2D eigenvalue weighted by atomic mass is 28.4. The molecule has 0 atom stereocenters. The number of ketones is 2. The van der Waals surface area contributed by atoms with Crippen molar-refractivity contribution >= 4 is 36.9 Å². The first-order chi connectivity index (χ1) is 13.1. The van der Waals surface area contributed by atoms with Crippen LogP contribution in [-0.2, 0) is 4.74 Å². The number of carbonyl (C=O) groups excluding carboxylic acids is 3. The van der Waals surface area contributed by atoms with Crippen LogP contribution in [0.3, 0.4) is 0 Å². The lowest BCUT2D eigenvalue weighted by molar-refractivity contribution is 0.0541. The Morgan fingerprint density at radius 1 is 0.966 bits per heavy atom. The molecule has 0 radical (unpaired) electrons. The van der Waals surface area contributed by atoms with Gasteiger partial charge in [0.25, 0.3) is 8.32 Å². The van der Waals surface area contributed by atoms with Crippen LogP contribution in [0.4, 0.5) is 4.79 Å². The summed E-state index contributed by atoms with van der Waals surface area (Å²) in [7, 11) is -2.23. The van der Waals surface area contributed by atoms with Crippen LogP contribution in [0.25, 0.3) is 10.9 Å². The summed E-state index contributed by atoms with van der Waals surface area (Å²) in [6.45, 7) is 17.5. The van der Waals surface area contributed by atoms with Crippen LogP contribution < -0.4 is 4.43 Å². The molecule has 0 N–H and O–H groups in total. The lowest BCUT2D eigenvalue weighted by Gasteiger charge is -2.36. The van der Waals surface area contributed by atoms with E-state index in [2.05, 4.69) is 33.9 Å². The van der Waals surface area contributed by atoms with Crippen molar-refractivity contribution in [1.82, 2.24) is 4.57 Å². The van der Waals surface area contributed by atoms with Crippen LogP contribution in [0.1, 0.15) is 68.0 Å². The fourth-order valence-electron chi connectivity index (χ4n) is 3.27. The monoisotopic (exact) mass is 415 g/mol. The van der Waals surface area contributed by atoms with Crippen molar-refractivity contribution in [3.63, 3.8) is 0 Å². The van der Waals surface area contributed by atoms with Crippen LogP contribution in [0.5, 0.6) is 5.75 Å². The van der Waals surface area contributed by atoms with E-state index in [0.29, 0.717) is 22.3 Å². The molecule has 1 aliphatic carbocycles. The minimum absolute atomic E-state index is 0.0679. The number of nitrogens with zero attached hydrogens (tertiary/aromatic N) is 1. The lowest BCUT2D eigenvalue weighted by atomic mass is 10.1. The molecule has 156 valence electrons. The number of Topliss-reactive ketones (excluding diaryl/α,β-unsaturated/α-hetero) is 2. The summed E-state index contributed by atoms with van der Waals surface area (Å²) in [5.41, 5.74) is 0.752. The van der Waals surface area contributed by atoms with Crippen LogP contribution >= 0.6 is 0 Å². The first-order valence-corrected chi connectivity index (χ1v) is 12.7. The zero-order valence-corrected chi connectivity index (χ0v) is 19.6. The molecule has 0 aliphatic heterocycles. The molecule has 6 nitrogen and oxygen atoms in total. The van der Waals surface area contributed by atoms with Crippen molar-refractivity contribution < 1.29 is 23.5 Å². The van der Waals surface area contributed by atoms with Gasteiger partial charge < -0.3 is 9.16 Å². The van der Waals surface area contributed by atoms with Crippen LogP contribution in [-0.4, -0.2) is 36.1 Å². The molecular weight excluding hydrogens is 386 g/mol. The third-order valence-corrected chi connectivity index (χ3v) is 10.1. The molecule has 0 amide bonds. The van der Waals surface area contributed by atoms with E-state index in [0.717, 1.165) is 0 Å². The lowest BCUT2D eigenvalue weighted by Crippen LogP contribution is -2.44. The maximum Gasteiger partial charge on any atom is 0.419 e. The summed E-state index contributed by atoms with van der Waals surface area (Å²) < 4.78 is 13.3. The molecule has 0 spiro atoms. The van der Waals surface area contributed by atoms with Gasteiger partial charge in [0.05, 0.1) is 16.6 Å². The Kier molecular flexibility index (Phi) is 4.62. The first-order valence-electron chi connectivity index (χ1n) is 9.76. The molecule has 0 fully saturated rings. The number of aromatic nitrogens is 1. The second-order valence-electron chi connectivity index (χ2n) is 10.1. The first kappa shape index (κ1) is 21.3. The fraction of sp³-hybridized carbons (Fsp3) is 0.500. The van der Waals surface area contributed by atoms with Gasteiger partial charge in [-0.25, -0.2) is 9.36 Å². The van der Waals surface area contributed by atoms with Crippen molar-refractivity contribution in [3.05, 3.63) is 29.0 Å². The smallest absolute Gasteiger partial charge is 0.419 e. The normalized spacial score (nSPS) is 14.7. The van der Waals surface area contributed by atoms with Gasteiger partial charge in [0, 0.05) is 11.1 Å². The third kappa shape index (κ3) is 3.31. The van der Waals surface area contributed by atoms with Crippen LogP contribution in [0.2, 0.25) is 18.1 Å².